The first-order valence-corrected chi connectivity index (χ1v) is 5.65. The lowest BCUT2D eigenvalue weighted by atomic mass is 10.3. The van der Waals surface area contributed by atoms with Gasteiger partial charge in [-0.1, -0.05) is 6.92 Å². The summed E-state index contributed by atoms with van der Waals surface area (Å²) in [4.78, 5) is 11.6. The van der Waals surface area contributed by atoms with Crippen molar-refractivity contribution in [2.45, 2.75) is 24.3 Å². The van der Waals surface area contributed by atoms with E-state index in [1.54, 1.807) is 11.8 Å². The first-order chi connectivity index (χ1) is 7.11. The molecule has 0 aliphatic carbocycles. The van der Waals surface area contributed by atoms with Crippen LogP contribution in [0.2, 0.25) is 0 Å². The Morgan fingerprint density at radius 1 is 1.27 bits per heavy atom. The Balaban J connectivity index is 2.50. The van der Waals surface area contributed by atoms with Crippen molar-refractivity contribution in [3.05, 3.63) is 5.82 Å². The number of hydrogen-bond donors (Lipinski definition) is 3. The lowest BCUT2D eigenvalue weighted by molar-refractivity contribution is 0.289. The second-order valence-corrected chi connectivity index (χ2v) is 4.53. The molecule has 0 aliphatic rings. The lowest BCUT2D eigenvalue weighted by Crippen LogP contribution is -2.07. The van der Waals surface area contributed by atoms with E-state index in [0.29, 0.717) is 16.8 Å². The molecular formula is C8H15N5OS. The molecule has 5 N–H and O–H groups in total. The Morgan fingerprint density at radius 3 is 2.40 bits per heavy atom. The number of thioether (sulfide) groups is 1. The summed E-state index contributed by atoms with van der Waals surface area (Å²) in [5, 5.41) is 9.08. The molecule has 84 valence electrons. The fraction of sp³-hybridized carbons (Fsp3) is 0.625. The number of aliphatic hydroxyl groups is 1. The van der Waals surface area contributed by atoms with Crippen molar-refractivity contribution >= 4 is 23.7 Å². The van der Waals surface area contributed by atoms with Gasteiger partial charge in [0.25, 0.3) is 0 Å². The minimum absolute atomic E-state index is 0.146. The lowest BCUT2D eigenvalue weighted by Gasteiger charge is -2.08. The summed E-state index contributed by atoms with van der Waals surface area (Å²) in [5.74, 6) is 1.49. The zero-order valence-electron chi connectivity index (χ0n) is 8.55. The van der Waals surface area contributed by atoms with Crippen molar-refractivity contribution in [3.63, 3.8) is 0 Å². The molecule has 1 atom stereocenters. The van der Waals surface area contributed by atoms with Gasteiger partial charge in [0, 0.05) is 11.9 Å². The van der Waals surface area contributed by atoms with Crippen molar-refractivity contribution < 1.29 is 5.11 Å². The van der Waals surface area contributed by atoms with Gasteiger partial charge in [0.1, 0.15) is 5.82 Å². The maximum Gasteiger partial charge on any atom is 0.225 e. The summed E-state index contributed by atoms with van der Waals surface area (Å²) in [7, 11) is 0. The molecular weight excluding hydrogens is 214 g/mol. The summed E-state index contributed by atoms with van der Waals surface area (Å²) in [5.41, 5.74) is 10.9. The summed E-state index contributed by atoms with van der Waals surface area (Å²) in [6, 6.07) is 0. The average Bonchev–Trinajstić information content (AvgIpc) is 2.14. The number of nitrogen functional groups attached to an aromatic ring is 2. The van der Waals surface area contributed by atoms with E-state index < -0.39 is 0 Å². The second kappa shape index (κ2) is 5.72. The monoisotopic (exact) mass is 229 g/mol. The quantitative estimate of drug-likeness (QED) is 0.653. The third-order valence-corrected chi connectivity index (χ3v) is 2.98. The van der Waals surface area contributed by atoms with Gasteiger partial charge >= 0.3 is 0 Å². The van der Waals surface area contributed by atoms with Crippen molar-refractivity contribution in [3.8, 4) is 0 Å². The smallest absolute Gasteiger partial charge is 0.225 e. The summed E-state index contributed by atoms with van der Waals surface area (Å²) >= 11 is 1.65. The van der Waals surface area contributed by atoms with Crippen molar-refractivity contribution in [1.82, 2.24) is 15.0 Å². The van der Waals surface area contributed by atoms with Crippen LogP contribution in [-0.4, -0.2) is 31.9 Å². The number of aliphatic hydroxyl groups excluding tert-OH is 1. The number of nitrogens with two attached hydrogens (primary N) is 2. The predicted octanol–water partition coefficient (Wildman–Crippen LogP) is 0.0401. The molecule has 1 rings (SSSR count). The van der Waals surface area contributed by atoms with Crippen LogP contribution in [0.3, 0.4) is 0 Å². The highest BCUT2D eigenvalue weighted by Gasteiger charge is 2.06. The Bertz CT molecular complexity index is 302. The summed E-state index contributed by atoms with van der Waals surface area (Å²) in [6.07, 6.45) is 0.751. The molecule has 0 bridgehead atoms. The Morgan fingerprint density at radius 2 is 1.87 bits per heavy atom. The van der Waals surface area contributed by atoms with Gasteiger partial charge in [-0.2, -0.15) is 26.7 Å². The number of anilines is 2. The standard InChI is InChI=1S/C8H15N5OS/c1-5(2-3-14)15-4-6-11-7(9)13-8(10)12-6/h5,14H,2-4H2,1H3,(H4,9,10,11,12,13). The minimum Gasteiger partial charge on any atom is -0.396 e. The van der Waals surface area contributed by atoms with Gasteiger partial charge in [-0.25, -0.2) is 0 Å². The highest BCUT2D eigenvalue weighted by atomic mass is 32.2. The number of hydrogen-bond acceptors (Lipinski definition) is 7. The van der Waals surface area contributed by atoms with Gasteiger partial charge < -0.3 is 16.6 Å². The zero-order chi connectivity index (χ0) is 11.3. The number of nitrogens with zero attached hydrogens (tertiary/aromatic N) is 3. The molecule has 0 radical (unpaired) electrons. The average molecular weight is 229 g/mol. The number of rotatable bonds is 5. The van der Waals surface area contributed by atoms with Crippen LogP contribution in [0.5, 0.6) is 0 Å². The van der Waals surface area contributed by atoms with Crippen LogP contribution in [0.15, 0.2) is 0 Å². The van der Waals surface area contributed by atoms with Crippen LogP contribution < -0.4 is 11.5 Å². The van der Waals surface area contributed by atoms with E-state index in [1.165, 1.54) is 0 Å². The van der Waals surface area contributed by atoms with Gasteiger partial charge in [-0.05, 0) is 6.42 Å². The maximum atomic E-state index is 8.73. The zero-order valence-corrected chi connectivity index (χ0v) is 9.37. The maximum absolute atomic E-state index is 8.73. The Kier molecular flexibility index (Phi) is 4.57. The summed E-state index contributed by atoms with van der Waals surface area (Å²) in [6.45, 7) is 2.23. The van der Waals surface area contributed by atoms with Crippen molar-refractivity contribution in [2.24, 2.45) is 0 Å². The van der Waals surface area contributed by atoms with Gasteiger partial charge in [-0.3, -0.25) is 0 Å². The third kappa shape index (κ3) is 4.30. The van der Waals surface area contributed by atoms with Gasteiger partial charge in [0.05, 0.1) is 5.75 Å². The molecule has 1 heterocycles. The molecule has 1 aromatic heterocycles. The van der Waals surface area contributed by atoms with E-state index in [4.69, 9.17) is 16.6 Å². The molecule has 0 saturated carbocycles. The number of aromatic nitrogens is 3. The predicted molar refractivity (Wildman–Crippen MR) is 61.1 cm³/mol. The molecule has 6 nitrogen and oxygen atoms in total. The molecule has 0 fully saturated rings. The molecule has 0 aromatic carbocycles. The van der Waals surface area contributed by atoms with Gasteiger partial charge in [-0.15, -0.1) is 0 Å². The van der Waals surface area contributed by atoms with Crippen LogP contribution in [0.25, 0.3) is 0 Å². The minimum atomic E-state index is 0.146. The molecule has 1 aromatic rings. The van der Waals surface area contributed by atoms with E-state index in [9.17, 15) is 0 Å². The van der Waals surface area contributed by atoms with E-state index in [-0.39, 0.29) is 18.5 Å². The molecule has 0 saturated heterocycles. The van der Waals surface area contributed by atoms with Crippen LogP contribution in [-0.2, 0) is 5.75 Å². The second-order valence-electron chi connectivity index (χ2n) is 3.10. The highest BCUT2D eigenvalue weighted by molar-refractivity contribution is 7.99. The van der Waals surface area contributed by atoms with Crippen LogP contribution in [0.1, 0.15) is 19.2 Å². The van der Waals surface area contributed by atoms with Crippen LogP contribution in [0.4, 0.5) is 11.9 Å². The van der Waals surface area contributed by atoms with E-state index in [2.05, 4.69) is 15.0 Å². The molecule has 15 heavy (non-hydrogen) atoms. The van der Waals surface area contributed by atoms with Crippen molar-refractivity contribution in [1.29, 1.82) is 0 Å². The van der Waals surface area contributed by atoms with Crippen molar-refractivity contribution in [2.75, 3.05) is 18.1 Å². The van der Waals surface area contributed by atoms with Gasteiger partial charge in [0.15, 0.2) is 0 Å². The van der Waals surface area contributed by atoms with E-state index in [0.717, 1.165) is 6.42 Å². The fourth-order valence-corrected chi connectivity index (χ4v) is 1.84. The van der Waals surface area contributed by atoms with Crippen LogP contribution in [0, 0.1) is 0 Å². The fourth-order valence-electron chi connectivity index (χ4n) is 1.00. The van der Waals surface area contributed by atoms with Crippen LogP contribution >= 0.6 is 11.8 Å². The highest BCUT2D eigenvalue weighted by Crippen LogP contribution is 2.18. The van der Waals surface area contributed by atoms with E-state index in [1.807, 2.05) is 6.92 Å². The first-order valence-electron chi connectivity index (χ1n) is 4.60. The molecule has 0 spiro atoms. The van der Waals surface area contributed by atoms with E-state index >= 15 is 0 Å². The largest absolute Gasteiger partial charge is 0.396 e. The molecule has 1 unspecified atom stereocenters. The molecule has 0 aliphatic heterocycles. The Labute approximate surface area is 92.5 Å². The third-order valence-electron chi connectivity index (χ3n) is 1.75. The normalized spacial score (nSPS) is 12.7. The Hall–Kier alpha value is -1.08. The SMILES string of the molecule is CC(CCO)SCc1nc(N)nc(N)n1. The van der Waals surface area contributed by atoms with Gasteiger partial charge in [0.2, 0.25) is 11.9 Å². The first kappa shape index (κ1) is 12.0. The molecule has 7 heteroatoms. The summed E-state index contributed by atoms with van der Waals surface area (Å²) < 4.78 is 0. The molecule has 0 amide bonds. The topological polar surface area (TPSA) is 111 Å².